The van der Waals surface area contributed by atoms with Gasteiger partial charge < -0.3 is 14.5 Å². The van der Waals surface area contributed by atoms with Gasteiger partial charge in [-0.15, -0.1) is 0 Å². The predicted octanol–water partition coefficient (Wildman–Crippen LogP) is 2.52. The molecule has 2 aliphatic rings. The molecule has 0 N–H and O–H groups in total. The summed E-state index contributed by atoms with van der Waals surface area (Å²) < 4.78 is 19.4. The van der Waals surface area contributed by atoms with E-state index in [0.717, 1.165) is 24.9 Å². The van der Waals surface area contributed by atoms with Crippen molar-refractivity contribution in [2.45, 2.75) is 30.9 Å². The minimum Gasteiger partial charge on any atom is -0.373 e. The van der Waals surface area contributed by atoms with Gasteiger partial charge in [-0.2, -0.15) is 10.2 Å². The van der Waals surface area contributed by atoms with E-state index in [1.165, 1.54) is 24.5 Å². The molecule has 4 rings (SSSR count). The van der Waals surface area contributed by atoms with E-state index in [2.05, 4.69) is 15.1 Å². The van der Waals surface area contributed by atoms with Crippen molar-refractivity contribution < 1.29 is 13.9 Å². The Morgan fingerprint density at radius 3 is 2.63 bits per heavy atom. The molecule has 0 saturated carbocycles. The molecule has 1 amide bonds. The van der Waals surface area contributed by atoms with Gasteiger partial charge in [-0.25, -0.2) is 4.39 Å². The first-order valence-electron chi connectivity index (χ1n) is 9.25. The van der Waals surface area contributed by atoms with Crippen LogP contribution in [0.1, 0.15) is 29.6 Å². The fourth-order valence-electron chi connectivity index (χ4n) is 4.02. The topological polar surface area (TPSA) is 58.6 Å². The average molecular weight is 370 g/mol. The van der Waals surface area contributed by atoms with Crippen molar-refractivity contribution in [3.63, 3.8) is 0 Å². The molecule has 27 heavy (non-hydrogen) atoms. The van der Waals surface area contributed by atoms with E-state index < -0.39 is 0 Å². The molecule has 1 aromatic heterocycles. The molecule has 1 atom stereocenters. The maximum Gasteiger partial charge on any atom is 0.255 e. The Bertz CT molecular complexity index is 791. The molecular weight excluding hydrogens is 347 g/mol. The van der Waals surface area contributed by atoms with Crippen molar-refractivity contribution in [1.82, 2.24) is 15.1 Å². The molecule has 2 fully saturated rings. The normalized spacial score (nSPS) is 21.4. The number of rotatable bonds is 3. The predicted molar refractivity (Wildman–Crippen MR) is 99.1 cm³/mol. The van der Waals surface area contributed by atoms with Crippen molar-refractivity contribution in [1.29, 1.82) is 0 Å². The van der Waals surface area contributed by atoms with Crippen LogP contribution in [0, 0.1) is 5.82 Å². The number of likely N-dealkylation sites (tertiary alicyclic amines) is 1. The third-order valence-electron chi connectivity index (χ3n) is 5.76. The van der Waals surface area contributed by atoms with Crippen molar-refractivity contribution in [3.05, 3.63) is 54.1 Å². The summed E-state index contributed by atoms with van der Waals surface area (Å²) >= 11 is 0. The van der Waals surface area contributed by atoms with Crippen LogP contribution >= 0.6 is 0 Å². The number of carbonyl (C=O) groups is 1. The fraction of sp³-hybridized carbons (Fsp3) is 0.450. The van der Waals surface area contributed by atoms with Gasteiger partial charge in [0.2, 0.25) is 0 Å². The third kappa shape index (κ3) is 3.64. The molecule has 2 saturated heterocycles. The highest BCUT2D eigenvalue weighted by Gasteiger charge is 2.44. The van der Waals surface area contributed by atoms with Gasteiger partial charge >= 0.3 is 0 Å². The lowest BCUT2D eigenvalue weighted by Crippen LogP contribution is -2.47. The third-order valence-corrected chi connectivity index (χ3v) is 5.76. The van der Waals surface area contributed by atoms with Crippen molar-refractivity contribution in [2.24, 2.45) is 0 Å². The summed E-state index contributed by atoms with van der Waals surface area (Å²) in [4.78, 5) is 16.6. The molecule has 1 aromatic carbocycles. The fourth-order valence-corrected chi connectivity index (χ4v) is 4.02. The first kappa shape index (κ1) is 17.9. The van der Waals surface area contributed by atoms with Crippen LogP contribution in [0.3, 0.4) is 0 Å². The molecular formula is C20H23FN4O2. The smallest absolute Gasteiger partial charge is 0.255 e. The van der Waals surface area contributed by atoms with Crippen LogP contribution in [0.4, 0.5) is 10.1 Å². The monoisotopic (exact) mass is 370 g/mol. The van der Waals surface area contributed by atoms with Crippen LogP contribution in [0.15, 0.2) is 42.7 Å². The minimum absolute atomic E-state index is 0.00210. The molecule has 0 aliphatic carbocycles. The molecule has 3 heterocycles. The van der Waals surface area contributed by atoms with E-state index in [0.29, 0.717) is 25.3 Å². The van der Waals surface area contributed by atoms with Crippen LogP contribution < -0.4 is 4.90 Å². The number of likely N-dealkylation sites (N-methyl/N-ethyl adjacent to an activating group) is 1. The number of halogens is 1. The zero-order chi connectivity index (χ0) is 18.9. The summed E-state index contributed by atoms with van der Waals surface area (Å²) in [6.45, 7) is 2.00. The molecule has 0 bridgehead atoms. The second kappa shape index (κ2) is 7.23. The molecule has 2 aliphatic heterocycles. The van der Waals surface area contributed by atoms with Gasteiger partial charge in [0.1, 0.15) is 5.82 Å². The summed E-state index contributed by atoms with van der Waals surface area (Å²) in [7, 11) is 2.02. The van der Waals surface area contributed by atoms with Crippen LogP contribution in [-0.2, 0) is 4.74 Å². The molecule has 142 valence electrons. The van der Waals surface area contributed by atoms with Crippen molar-refractivity contribution >= 4 is 11.6 Å². The summed E-state index contributed by atoms with van der Waals surface area (Å²) in [5.74, 6) is -0.231. The van der Waals surface area contributed by atoms with Gasteiger partial charge in [-0.05, 0) is 49.6 Å². The second-order valence-corrected chi connectivity index (χ2v) is 7.36. The van der Waals surface area contributed by atoms with E-state index in [9.17, 15) is 9.18 Å². The van der Waals surface area contributed by atoms with Gasteiger partial charge in [0, 0.05) is 25.8 Å². The Balaban J connectivity index is 1.36. The number of nitrogens with zero attached hydrogens (tertiary/aromatic N) is 4. The SMILES string of the molecule is CN(c1ccc(F)cc1)C1COC2(CCN(C(=O)c3ccnnc3)CC2)C1. The van der Waals surface area contributed by atoms with Crippen molar-refractivity contribution in [2.75, 3.05) is 31.6 Å². The summed E-state index contributed by atoms with van der Waals surface area (Å²) in [6, 6.07) is 8.50. The van der Waals surface area contributed by atoms with Crippen molar-refractivity contribution in [3.8, 4) is 0 Å². The highest BCUT2D eigenvalue weighted by atomic mass is 19.1. The maximum atomic E-state index is 13.2. The average Bonchev–Trinajstić information content (AvgIpc) is 3.12. The van der Waals surface area contributed by atoms with Crippen LogP contribution in [0.2, 0.25) is 0 Å². The highest BCUT2D eigenvalue weighted by Crippen LogP contribution is 2.38. The van der Waals surface area contributed by atoms with Crippen LogP contribution in [-0.4, -0.2) is 59.4 Å². The van der Waals surface area contributed by atoms with Gasteiger partial charge in [0.05, 0.1) is 36.2 Å². The highest BCUT2D eigenvalue weighted by molar-refractivity contribution is 5.93. The standard InChI is InChI=1S/C20H23FN4O2/c1-24(17-4-2-16(21)3-5-17)18-12-20(27-14-18)7-10-25(11-8-20)19(26)15-6-9-22-23-13-15/h2-6,9,13,18H,7-8,10-12,14H2,1H3. The van der Waals surface area contributed by atoms with E-state index in [4.69, 9.17) is 4.74 Å². The number of carbonyl (C=O) groups excluding carboxylic acids is 1. The van der Waals surface area contributed by atoms with Crippen LogP contribution in [0.5, 0.6) is 0 Å². The summed E-state index contributed by atoms with van der Waals surface area (Å²) in [6.07, 6.45) is 5.61. The summed E-state index contributed by atoms with van der Waals surface area (Å²) in [5.41, 5.74) is 1.38. The number of hydrogen-bond acceptors (Lipinski definition) is 5. The zero-order valence-electron chi connectivity index (χ0n) is 15.3. The quantitative estimate of drug-likeness (QED) is 0.831. The maximum absolute atomic E-state index is 13.2. The number of anilines is 1. The molecule has 1 unspecified atom stereocenters. The van der Waals surface area contributed by atoms with Gasteiger partial charge in [0.15, 0.2) is 0 Å². The van der Waals surface area contributed by atoms with E-state index in [1.54, 1.807) is 18.2 Å². The zero-order valence-corrected chi connectivity index (χ0v) is 15.3. The molecule has 1 spiro atoms. The molecule has 6 nitrogen and oxygen atoms in total. The summed E-state index contributed by atoms with van der Waals surface area (Å²) in [5, 5.41) is 7.50. The largest absolute Gasteiger partial charge is 0.373 e. The van der Waals surface area contributed by atoms with Gasteiger partial charge in [-0.1, -0.05) is 0 Å². The first-order chi connectivity index (χ1) is 13.1. The lowest BCUT2D eigenvalue weighted by atomic mass is 9.87. The van der Waals surface area contributed by atoms with Gasteiger partial charge in [0.25, 0.3) is 5.91 Å². The minimum atomic E-state index is -0.229. The Morgan fingerprint density at radius 2 is 1.96 bits per heavy atom. The Morgan fingerprint density at radius 1 is 1.22 bits per heavy atom. The van der Waals surface area contributed by atoms with Crippen LogP contribution in [0.25, 0.3) is 0 Å². The van der Waals surface area contributed by atoms with E-state index >= 15 is 0 Å². The lowest BCUT2D eigenvalue weighted by molar-refractivity contribution is -0.0388. The number of hydrogen-bond donors (Lipinski definition) is 0. The number of benzene rings is 1. The molecule has 2 aromatic rings. The Kier molecular flexibility index (Phi) is 4.78. The van der Waals surface area contributed by atoms with E-state index in [-0.39, 0.29) is 23.4 Å². The molecule has 0 radical (unpaired) electrons. The van der Waals surface area contributed by atoms with Gasteiger partial charge in [-0.3, -0.25) is 4.79 Å². The second-order valence-electron chi connectivity index (χ2n) is 7.36. The van der Waals surface area contributed by atoms with E-state index in [1.807, 2.05) is 11.9 Å². The Labute approximate surface area is 157 Å². The molecule has 7 heteroatoms. The number of aromatic nitrogens is 2. The number of ether oxygens (including phenoxy) is 1. The number of amides is 1. The first-order valence-corrected chi connectivity index (χ1v) is 9.25. The number of piperidine rings is 1. The Hall–Kier alpha value is -2.54. The lowest BCUT2D eigenvalue weighted by Gasteiger charge is -2.39.